The molecule has 1 aromatic heterocycles. The monoisotopic (exact) mass is 1020 g/mol. The third-order valence-corrected chi connectivity index (χ3v) is 15.3. The summed E-state index contributed by atoms with van der Waals surface area (Å²) in [5.41, 5.74) is 4.59. The number of nitrogens with zero attached hydrogens (tertiary/aromatic N) is 2. The molecule has 0 amide bonds. The first kappa shape index (κ1) is 62.9. The number of hydrogen-bond donors (Lipinski definition) is 5. The normalized spacial score (nSPS) is 19.8. The molecule has 402 valence electrons. The fourth-order valence-corrected chi connectivity index (χ4v) is 10.3. The maximum Gasteiger partial charge on any atom is 0.481 e. The van der Waals surface area contributed by atoms with Gasteiger partial charge in [0.2, 0.25) is 0 Å². The maximum atomic E-state index is 12.9. The van der Waals surface area contributed by atoms with Gasteiger partial charge in [-0.1, -0.05) is 188 Å². The minimum Gasteiger partial charge on any atom is -0.462 e. The summed E-state index contributed by atoms with van der Waals surface area (Å²) in [4.78, 5) is 61.9. The summed E-state index contributed by atoms with van der Waals surface area (Å²) >= 11 is 0. The van der Waals surface area contributed by atoms with Crippen molar-refractivity contribution in [2.45, 2.75) is 245 Å². The SMILES string of the molecule is CCC(C)CCCCCCCCCCCCCCCCC(=O)OC[C@H](COP(=O)(O)OP(=O)(O)OC[C@H]1O[C@@H](n2ccc(N)nc2=O)C(O)[C@H]1O)OC(=O)CCCCCCCCCCCCC(C)C. The minimum absolute atomic E-state index is 0.0557. The van der Waals surface area contributed by atoms with Crippen molar-refractivity contribution in [1.29, 1.82) is 0 Å². The Morgan fingerprint density at radius 3 is 1.65 bits per heavy atom. The number of aliphatic hydroxyl groups is 2. The van der Waals surface area contributed by atoms with Gasteiger partial charge in [-0.25, -0.2) is 13.9 Å². The molecule has 0 aliphatic carbocycles. The average Bonchev–Trinajstić information content (AvgIpc) is 3.57. The molecular formula is C49H91N3O15P2. The molecule has 2 heterocycles. The number of aromatic nitrogens is 2. The number of phosphoric acid groups is 2. The van der Waals surface area contributed by atoms with E-state index in [4.69, 9.17) is 29.0 Å². The van der Waals surface area contributed by atoms with Crippen molar-refractivity contribution in [3.05, 3.63) is 22.7 Å². The minimum atomic E-state index is -5.42. The van der Waals surface area contributed by atoms with Crippen LogP contribution < -0.4 is 11.4 Å². The number of esters is 2. The second-order valence-electron chi connectivity index (χ2n) is 19.5. The van der Waals surface area contributed by atoms with Crippen LogP contribution in [0.5, 0.6) is 0 Å². The lowest BCUT2D eigenvalue weighted by Gasteiger charge is -2.21. The summed E-state index contributed by atoms with van der Waals surface area (Å²) in [7, 11) is -10.8. The van der Waals surface area contributed by atoms with E-state index in [1.807, 2.05) is 0 Å². The van der Waals surface area contributed by atoms with Gasteiger partial charge in [-0.05, 0) is 30.7 Å². The number of carbonyl (C=O) groups is 2. The predicted molar refractivity (Wildman–Crippen MR) is 266 cm³/mol. The lowest BCUT2D eigenvalue weighted by molar-refractivity contribution is -0.161. The summed E-state index contributed by atoms with van der Waals surface area (Å²) in [5.74, 6) is 0.319. The van der Waals surface area contributed by atoms with Crippen LogP contribution in [-0.2, 0) is 46.3 Å². The first-order valence-electron chi connectivity index (χ1n) is 26.3. The molecule has 20 heteroatoms. The number of ether oxygens (including phenoxy) is 3. The molecule has 6 N–H and O–H groups in total. The van der Waals surface area contributed by atoms with Crippen LogP contribution >= 0.6 is 15.6 Å². The Morgan fingerprint density at radius 2 is 1.16 bits per heavy atom. The Balaban J connectivity index is 1.77. The molecule has 69 heavy (non-hydrogen) atoms. The molecule has 18 nitrogen and oxygen atoms in total. The lowest BCUT2D eigenvalue weighted by atomic mass is 9.99. The fraction of sp³-hybridized carbons (Fsp3) is 0.878. The van der Waals surface area contributed by atoms with Crippen molar-refractivity contribution in [1.82, 2.24) is 9.55 Å². The highest BCUT2D eigenvalue weighted by Gasteiger charge is 2.46. The number of anilines is 1. The molecule has 1 aromatic rings. The summed E-state index contributed by atoms with van der Waals surface area (Å²) in [6.45, 7) is 6.82. The number of hydrogen-bond acceptors (Lipinski definition) is 15. The number of rotatable bonds is 43. The molecule has 1 aliphatic heterocycles. The summed E-state index contributed by atoms with van der Waals surface area (Å²) < 4.78 is 56.8. The average molecular weight is 1020 g/mol. The molecule has 0 saturated carbocycles. The summed E-state index contributed by atoms with van der Waals surface area (Å²) in [5, 5.41) is 20.9. The van der Waals surface area contributed by atoms with Crippen LogP contribution in [0, 0.1) is 11.8 Å². The van der Waals surface area contributed by atoms with E-state index >= 15 is 0 Å². The maximum absolute atomic E-state index is 12.9. The molecule has 1 fully saturated rings. The van der Waals surface area contributed by atoms with Gasteiger partial charge < -0.3 is 39.9 Å². The van der Waals surface area contributed by atoms with Gasteiger partial charge in [0, 0.05) is 19.0 Å². The van der Waals surface area contributed by atoms with E-state index in [0.717, 1.165) is 67.8 Å². The van der Waals surface area contributed by atoms with Gasteiger partial charge in [0.1, 0.15) is 30.7 Å². The third-order valence-electron chi connectivity index (χ3n) is 12.7. The number of carbonyl (C=O) groups excluding carboxylic acids is 2. The van der Waals surface area contributed by atoms with E-state index in [1.54, 1.807) is 0 Å². The van der Waals surface area contributed by atoms with E-state index in [-0.39, 0.29) is 18.7 Å². The van der Waals surface area contributed by atoms with Crippen LogP contribution in [0.15, 0.2) is 17.1 Å². The van der Waals surface area contributed by atoms with Gasteiger partial charge in [-0.3, -0.25) is 23.2 Å². The number of unbranched alkanes of at least 4 members (excludes halogenated alkanes) is 22. The zero-order valence-corrected chi connectivity index (χ0v) is 44.3. The zero-order valence-electron chi connectivity index (χ0n) is 42.5. The molecule has 0 spiro atoms. The lowest BCUT2D eigenvalue weighted by Crippen LogP contribution is -2.36. The van der Waals surface area contributed by atoms with Crippen LogP contribution in [0.2, 0.25) is 0 Å². The Kier molecular flexibility index (Phi) is 33.4. The molecule has 0 bridgehead atoms. The fourth-order valence-electron chi connectivity index (χ4n) is 8.18. The smallest absolute Gasteiger partial charge is 0.462 e. The molecule has 8 atom stereocenters. The van der Waals surface area contributed by atoms with Gasteiger partial charge in [-0.15, -0.1) is 0 Å². The van der Waals surface area contributed by atoms with Crippen molar-refractivity contribution in [3.63, 3.8) is 0 Å². The highest BCUT2D eigenvalue weighted by atomic mass is 31.3. The van der Waals surface area contributed by atoms with Crippen LogP contribution in [0.1, 0.15) is 220 Å². The first-order chi connectivity index (χ1) is 32.9. The second kappa shape index (κ2) is 36.6. The van der Waals surface area contributed by atoms with Gasteiger partial charge in [0.05, 0.1) is 13.2 Å². The third kappa shape index (κ3) is 30.4. The van der Waals surface area contributed by atoms with Crippen LogP contribution in [0.25, 0.3) is 0 Å². The van der Waals surface area contributed by atoms with E-state index in [1.165, 1.54) is 121 Å². The van der Waals surface area contributed by atoms with E-state index in [9.17, 15) is 43.5 Å². The molecule has 4 unspecified atom stereocenters. The van der Waals surface area contributed by atoms with Crippen LogP contribution in [0.3, 0.4) is 0 Å². The van der Waals surface area contributed by atoms with E-state index < -0.39 is 83.7 Å². The molecule has 2 rings (SSSR count). The second-order valence-corrected chi connectivity index (χ2v) is 22.5. The largest absolute Gasteiger partial charge is 0.481 e. The quantitative estimate of drug-likeness (QED) is 0.0231. The Labute approximate surface area is 412 Å². The zero-order chi connectivity index (χ0) is 50.9. The topological polar surface area (TPSA) is 265 Å². The van der Waals surface area contributed by atoms with Crippen molar-refractivity contribution in [2.24, 2.45) is 11.8 Å². The number of nitrogens with two attached hydrogens (primary N) is 1. The predicted octanol–water partition coefficient (Wildman–Crippen LogP) is 10.8. The van der Waals surface area contributed by atoms with Gasteiger partial charge >= 0.3 is 33.3 Å². The highest BCUT2D eigenvalue weighted by Crippen LogP contribution is 2.60. The summed E-state index contributed by atoms with van der Waals surface area (Å²) in [6, 6.07) is 1.25. The highest BCUT2D eigenvalue weighted by molar-refractivity contribution is 7.61. The van der Waals surface area contributed by atoms with Crippen molar-refractivity contribution < 1.29 is 66.3 Å². The number of phosphoric ester groups is 2. The number of nitrogen functional groups attached to an aromatic ring is 1. The van der Waals surface area contributed by atoms with E-state index in [0.29, 0.717) is 12.8 Å². The van der Waals surface area contributed by atoms with Crippen molar-refractivity contribution >= 4 is 33.4 Å². The first-order valence-corrected chi connectivity index (χ1v) is 29.3. The molecule has 1 aliphatic rings. The molecule has 1 saturated heterocycles. The molecule has 0 radical (unpaired) electrons. The van der Waals surface area contributed by atoms with Crippen molar-refractivity contribution in [3.8, 4) is 0 Å². The number of aliphatic hydroxyl groups excluding tert-OH is 2. The molecular weight excluding hydrogens is 932 g/mol. The van der Waals surface area contributed by atoms with Crippen molar-refractivity contribution in [2.75, 3.05) is 25.6 Å². The Hall–Kier alpha value is -2.24. The van der Waals surface area contributed by atoms with Gasteiger partial charge in [0.15, 0.2) is 12.3 Å². The van der Waals surface area contributed by atoms with Gasteiger partial charge in [0.25, 0.3) is 0 Å². The Morgan fingerprint density at radius 1 is 0.696 bits per heavy atom. The Bertz CT molecular complexity index is 1690. The van der Waals surface area contributed by atoms with Crippen LogP contribution in [0.4, 0.5) is 5.82 Å². The van der Waals surface area contributed by atoms with Crippen LogP contribution in [-0.4, -0.2) is 85.7 Å². The van der Waals surface area contributed by atoms with Gasteiger partial charge in [-0.2, -0.15) is 9.29 Å². The molecule has 0 aromatic carbocycles. The standard InChI is InChI=1S/C49H91N3O15P2/c1-5-40(4)31-27-23-19-15-10-8-6-7-9-11-16-20-24-28-32-44(53)62-36-41(65-45(54)33-29-25-21-17-13-12-14-18-22-26-30-39(2)3)37-63-68(58,59)67-69(60,61)64-38-42-46(55)47(56)48(66-42)52-35-34-43(50)51-49(52)57/h34-35,39-42,46-48,55-56H,5-33,36-38H2,1-4H3,(H,58,59)(H,60,61)(H2,50,51,57)/t40?,41-,42-,46+,47?,48-/m1/s1. The van der Waals surface area contributed by atoms with E-state index in [2.05, 4.69) is 37.0 Å². The summed E-state index contributed by atoms with van der Waals surface area (Å²) in [6.07, 6.45) is 24.8.